The van der Waals surface area contributed by atoms with E-state index in [-0.39, 0.29) is 0 Å². The minimum atomic E-state index is 0.500. The first kappa shape index (κ1) is 18.5. The predicted octanol–water partition coefficient (Wildman–Crippen LogP) is 2.46. The first-order valence-corrected chi connectivity index (χ1v) is 8.67. The average Bonchev–Trinajstić information content (AvgIpc) is 2.84. The van der Waals surface area contributed by atoms with Crippen LogP contribution in [0.4, 0.5) is 0 Å². The van der Waals surface area contributed by atoms with E-state index in [0.29, 0.717) is 18.3 Å². The van der Waals surface area contributed by atoms with Crippen molar-refractivity contribution >= 4 is 23.0 Å². The molecule has 1 heterocycles. The molecule has 2 N–H and O–H groups in total. The predicted molar refractivity (Wildman–Crippen MR) is 99.1 cm³/mol. The third-order valence-electron chi connectivity index (χ3n) is 3.45. The molecule has 1 aliphatic rings. The summed E-state index contributed by atoms with van der Waals surface area (Å²) in [6.07, 6.45) is 1.79. The molecule has 0 saturated carbocycles. The Labute approximate surface area is 148 Å². The van der Waals surface area contributed by atoms with Crippen LogP contribution in [-0.2, 0) is 4.74 Å². The van der Waals surface area contributed by atoms with Crippen LogP contribution in [0.5, 0.6) is 11.5 Å². The van der Waals surface area contributed by atoms with Crippen LogP contribution in [0.25, 0.3) is 0 Å². The highest BCUT2D eigenvalue weighted by Crippen LogP contribution is 2.30. The van der Waals surface area contributed by atoms with Crippen molar-refractivity contribution in [2.45, 2.75) is 26.7 Å². The molecule has 0 unspecified atom stereocenters. The second-order valence-corrected chi connectivity index (χ2v) is 5.74. The molecule has 24 heavy (non-hydrogen) atoms. The lowest BCUT2D eigenvalue weighted by Gasteiger charge is -2.10. The zero-order valence-electron chi connectivity index (χ0n) is 14.3. The number of rotatable bonds is 7. The molecule has 0 aromatic heterocycles. The summed E-state index contributed by atoms with van der Waals surface area (Å²) in [6.45, 7) is 7.48. The van der Waals surface area contributed by atoms with E-state index in [2.05, 4.69) is 15.8 Å². The number of hydrogen-bond acceptors (Lipinski definition) is 5. The first-order valence-electron chi connectivity index (χ1n) is 8.26. The summed E-state index contributed by atoms with van der Waals surface area (Å²) >= 11 is 5.20. The van der Waals surface area contributed by atoms with Gasteiger partial charge in [0.05, 0.1) is 18.9 Å². The fourth-order valence-corrected chi connectivity index (χ4v) is 2.30. The molecule has 1 aromatic rings. The Morgan fingerprint density at radius 3 is 2.88 bits per heavy atom. The summed E-state index contributed by atoms with van der Waals surface area (Å²) < 4.78 is 16.6. The molecule has 0 saturated heterocycles. The van der Waals surface area contributed by atoms with Crippen LogP contribution >= 0.6 is 12.2 Å². The Morgan fingerprint density at radius 1 is 1.29 bits per heavy atom. The van der Waals surface area contributed by atoms with Crippen LogP contribution in [0.15, 0.2) is 23.3 Å². The smallest absolute Gasteiger partial charge is 0.186 e. The molecule has 0 spiro atoms. The highest BCUT2D eigenvalue weighted by atomic mass is 32.1. The Hall–Kier alpha value is -1.86. The van der Waals surface area contributed by atoms with Crippen molar-refractivity contribution in [1.29, 1.82) is 0 Å². The van der Waals surface area contributed by atoms with Gasteiger partial charge in [0.25, 0.3) is 0 Å². The highest BCUT2D eigenvalue weighted by Gasteiger charge is 2.11. The molecule has 1 aliphatic heterocycles. The number of hydrazone groups is 1. The van der Waals surface area contributed by atoms with Crippen molar-refractivity contribution in [2.24, 2.45) is 5.10 Å². The maximum Gasteiger partial charge on any atom is 0.186 e. The molecular weight excluding hydrogens is 326 g/mol. The molecule has 132 valence electrons. The summed E-state index contributed by atoms with van der Waals surface area (Å²) in [5, 5.41) is 7.91. The van der Waals surface area contributed by atoms with Gasteiger partial charge in [0.1, 0.15) is 0 Å². The van der Waals surface area contributed by atoms with Gasteiger partial charge in [-0.15, -0.1) is 0 Å². The molecular formula is C17H25N3O3S. The molecule has 0 bridgehead atoms. The average molecular weight is 351 g/mol. The third kappa shape index (κ3) is 5.98. The minimum Gasteiger partial charge on any atom is -0.490 e. The Kier molecular flexibility index (Phi) is 7.77. The van der Waals surface area contributed by atoms with Gasteiger partial charge < -0.3 is 19.5 Å². The summed E-state index contributed by atoms with van der Waals surface area (Å²) in [6, 6.07) is 5.83. The van der Waals surface area contributed by atoms with E-state index in [9.17, 15) is 0 Å². The second-order valence-electron chi connectivity index (χ2n) is 5.33. The van der Waals surface area contributed by atoms with E-state index >= 15 is 0 Å². The Morgan fingerprint density at radius 2 is 2.08 bits per heavy atom. The maximum atomic E-state index is 5.70. The van der Waals surface area contributed by atoms with Crippen molar-refractivity contribution in [1.82, 2.24) is 10.7 Å². The van der Waals surface area contributed by atoms with Gasteiger partial charge in [-0.3, -0.25) is 5.43 Å². The maximum absolute atomic E-state index is 5.70. The molecule has 1 aromatic carbocycles. The van der Waals surface area contributed by atoms with E-state index in [1.807, 2.05) is 32.0 Å². The van der Waals surface area contributed by atoms with E-state index in [4.69, 9.17) is 26.4 Å². The van der Waals surface area contributed by atoms with Gasteiger partial charge >= 0.3 is 0 Å². The quantitative estimate of drug-likeness (QED) is 0.341. The minimum absolute atomic E-state index is 0.500. The fourth-order valence-electron chi connectivity index (χ4n) is 2.15. The lowest BCUT2D eigenvalue weighted by molar-refractivity contribution is 0.145. The molecule has 0 atom stereocenters. The molecule has 2 rings (SSSR count). The fraction of sp³-hybridized carbons (Fsp3) is 0.529. The number of ether oxygens (including phenoxy) is 3. The summed E-state index contributed by atoms with van der Waals surface area (Å²) in [4.78, 5) is 0. The van der Waals surface area contributed by atoms with Gasteiger partial charge in [-0.25, -0.2) is 0 Å². The SMILES string of the molecule is CCOCCCNC(=S)N/N=C(/C)c1ccc2c(c1)OCCCO2. The van der Waals surface area contributed by atoms with Gasteiger partial charge in [-0.2, -0.15) is 5.10 Å². The van der Waals surface area contributed by atoms with Gasteiger partial charge in [-0.05, 0) is 50.7 Å². The van der Waals surface area contributed by atoms with Gasteiger partial charge in [0.15, 0.2) is 16.6 Å². The molecule has 0 amide bonds. The second kappa shape index (κ2) is 10.1. The topological polar surface area (TPSA) is 64.1 Å². The van der Waals surface area contributed by atoms with Crippen molar-refractivity contribution in [3.8, 4) is 11.5 Å². The molecule has 0 radical (unpaired) electrons. The number of fused-ring (bicyclic) bond motifs is 1. The standard InChI is InChI=1S/C17H25N3O3S/c1-3-21-9-4-8-18-17(24)20-19-13(2)14-6-7-15-16(12-14)23-11-5-10-22-15/h6-7,12H,3-5,8-11H2,1-2H3,(H2,18,20,24)/b19-13-. The van der Waals surface area contributed by atoms with Crippen molar-refractivity contribution in [3.05, 3.63) is 23.8 Å². The van der Waals surface area contributed by atoms with Gasteiger partial charge in [0.2, 0.25) is 0 Å². The molecule has 0 aliphatic carbocycles. The van der Waals surface area contributed by atoms with Gasteiger partial charge in [0, 0.05) is 31.7 Å². The molecule has 0 fully saturated rings. The summed E-state index contributed by atoms with van der Waals surface area (Å²) in [7, 11) is 0. The number of hydrogen-bond donors (Lipinski definition) is 2. The lowest BCUT2D eigenvalue weighted by atomic mass is 10.1. The third-order valence-corrected chi connectivity index (χ3v) is 3.68. The van der Waals surface area contributed by atoms with Crippen LogP contribution < -0.4 is 20.2 Å². The van der Waals surface area contributed by atoms with E-state index in [1.54, 1.807) is 0 Å². The first-order chi connectivity index (χ1) is 11.7. The van der Waals surface area contributed by atoms with Crippen LogP contribution in [0.3, 0.4) is 0 Å². The van der Waals surface area contributed by atoms with Crippen molar-refractivity contribution < 1.29 is 14.2 Å². The molecule has 6 nitrogen and oxygen atoms in total. The largest absolute Gasteiger partial charge is 0.490 e. The van der Waals surface area contributed by atoms with Crippen molar-refractivity contribution in [2.75, 3.05) is 33.0 Å². The Balaban J connectivity index is 1.84. The number of benzene rings is 1. The summed E-state index contributed by atoms with van der Waals surface area (Å²) in [5.74, 6) is 1.54. The zero-order valence-corrected chi connectivity index (χ0v) is 15.1. The van der Waals surface area contributed by atoms with E-state index in [1.165, 1.54) is 0 Å². The van der Waals surface area contributed by atoms with Crippen LogP contribution in [0.1, 0.15) is 32.3 Å². The van der Waals surface area contributed by atoms with Crippen LogP contribution in [0, 0.1) is 0 Å². The molecule has 7 heteroatoms. The number of nitrogens with zero attached hydrogens (tertiary/aromatic N) is 1. The lowest BCUT2D eigenvalue weighted by Crippen LogP contribution is -2.33. The van der Waals surface area contributed by atoms with E-state index < -0.39 is 0 Å². The highest BCUT2D eigenvalue weighted by molar-refractivity contribution is 7.80. The summed E-state index contributed by atoms with van der Waals surface area (Å²) in [5.41, 5.74) is 4.65. The number of nitrogens with one attached hydrogen (secondary N) is 2. The zero-order chi connectivity index (χ0) is 17.2. The van der Waals surface area contributed by atoms with E-state index in [0.717, 1.165) is 55.4 Å². The normalized spacial score (nSPS) is 14.0. The number of thiocarbonyl (C=S) groups is 1. The Bertz CT molecular complexity index is 578. The van der Waals surface area contributed by atoms with Crippen molar-refractivity contribution in [3.63, 3.8) is 0 Å². The van der Waals surface area contributed by atoms with Crippen LogP contribution in [-0.4, -0.2) is 43.8 Å². The monoisotopic (exact) mass is 351 g/mol. The van der Waals surface area contributed by atoms with Crippen LogP contribution in [0.2, 0.25) is 0 Å². The van der Waals surface area contributed by atoms with Gasteiger partial charge in [-0.1, -0.05) is 0 Å².